The van der Waals surface area contributed by atoms with Crippen LogP contribution in [0.4, 0.5) is 5.95 Å². The number of rotatable bonds is 8. The molecule has 33 heavy (non-hydrogen) atoms. The number of carbonyl (C=O) groups is 2. The lowest BCUT2D eigenvalue weighted by atomic mass is 10.1. The van der Waals surface area contributed by atoms with Gasteiger partial charge in [0, 0.05) is 12.8 Å². The summed E-state index contributed by atoms with van der Waals surface area (Å²) in [6, 6.07) is 0. The van der Waals surface area contributed by atoms with Crippen molar-refractivity contribution in [2.45, 2.75) is 64.1 Å². The van der Waals surface area contributed by atoms with Crippen LogP contribution >= 0.6 is 7.82 Å². The highest BCUT2D eigenvalue weighted by Gasteiger charge is 2.58. The third-order valence-electron chi connectivity index (χ3n) is 5.10. The van der Waals surface area contributed by atoms with Gasteiger partial charge in [-0.25, -0.2) is 9.55 Å². The second kappa shape index (κ2) is 9.31. The highest BCUT2D eigenvalue weighted by atomic mass is 31.2. The van der Waals surface area contributed by atoms with E-state index in [9.17, 15) is 23.8 Å². The van der Waals surface area contributed by atoms with Gasteiger partial charge >= 0.3 is 13.8 Å². The fourth-order valence-corrected chi connectivity index (χ4v) is 4.83. The van der Waals surface area contributed by atoms with E-state index in [1.54, 1.807) is 0 Å². The third-order valence-corrected chi connectivity index (χ3v) is 6.12. The van der Waals surface area contributed by atoms with Crippen LogP contribution in [0.2, 0.25) is 0 Å². The van der Waals surface area contributed by atoms with Crippen molar-refractivity contribution in [3.8, 4) is 0 Å². The van der Waals surface area contributed by atoms with E-state index in [0.717, 1.165) is 0 Å². The molecule has 2 saturated heterocycles. The molecule has 2 aromatic rings. The molecule has 0 saturated carbocycles. The lowest BCUT2D eigenvalue weighted by molar-refractivity contribution is -0.150. The Bertz CT molecular complexity index is 1160. The van der Waals surface area contributed by atoms with Gasteiger partial charge in [0.15, 0.2) is 17.4 Å². The van der Waals surface area contributed by atoms with Gasteiger partial charge in [0.05, 0.1) is 6.33 Å². The van der Waals surface area contributed by atoms with E-state index in [0.29, 0.717) is 12.8 Å². The van der Waals surface area contributed by atoms with Crippen LogP contribution in [-0.2, 0) is 32.7 Å². The van der Waals surface area contributed by atoms with Gasteiger partial charge in [0.2, 0.25) is 11.9 Å². The smallest absolute Gasteiger partial charge is 0.463 e. The molecule has 2 aromatic heterocycles. The molecule has 0 bridgehead atoms. The minimum Gasteiger partial charge on any atom is -0.463 e. The first-order chi connectivity index (χ1) is 15.7. The number of phosphoric ester groups is 1. The first kappa shape index (κ1) is 23.5. The molecule has 0 spiro atoms. The number of nitrogens with zero attached hydrogens (tertiary/aromatic N) is 3. The second-order valence-electron chi connectivity index (χ2n) is 7.64. The molecule has 2 fully saturated rings. The van der Waals surface area contributed by atoms with Crippen LogP contribution in [0.15, 0.2) is 11.1 Å². The summed E-state index contributed by atoms with van der Waals surface area (Å²) in [4.78, 5) is 56.7. The van der Waals surface area contributed by atoms with Gasteiger partial charge in [-0.05, 0) is 12.8 Å². The molecular weight excluding hydrogens is 461 g/mol. The Labute approximate surface area is 187 Å². The van der Waals surface area contributed by atoms with Crippen LogP contribution in [0.25, 0.3) is 11.2 Å². The molecule has 0 radical (unpaired) electrons. The summed E-state index contributed by atoms with van der Waals surface area (Å²) < 4.78 is 34.9. The van der Waals surface area contributed by atoms with E-state index >= 15 is 0 Å². The summed E-state index contributed by atoms with van der Waals surface area (Å²) in [5.41, 5.74) is -0.574. The van der Waals surface area contributed by atoms with Gasteiger partial charge in [0.1, 0.15) is 24.9 Å². The van der Waals surface area contributed by atoms with Gasteiger partial charge in [-0.3, -0.25) is 38.3 Å². The van der Waals surface area contributed by atoms with Gasteiger partial charge < -0.3 is 14.4 Å². The number of amides is 1. The van der Waals surface area contributed by atoms with E-state index < -0.39 is 43.9 Å². The molecule has 0 aliphatic carbocycles. The summed E-state index contributed by atoms with van der Waals surface area (Å²) in [6.45, 7) is 3.44. The number of anilines is 1. The number of fused-ring (bicyclic) bond motifs is 2. The molecule has 5 atom stereocenters. The third kappa shape index (κ3) is 4.84. The van der Waals surface area contributed by atoms with E-state index in [1.165, 1.54) is 10.9 Å². The number of aromatic amines is 1. The Hall–Kier alpha value is -2.64. The van der Waals surface area contributed by atoms with Crippen molar-refractivity contribution >= 4 is 36.8 Å². The molecule has 1 amide bonds. The second-order valence-corrected chi connectivity index (χ2v) is 9.00. The van der Waals surface area contributed by atoms with Crippen molar-refractivity contribution in [1.29, 1.82) is 0 Å². The number of esters is 1. The SMILES string of the molecule is CCCC(=O)Nc1nc2c(ncn2[C@@H]2O[C@H](COC(=O)CCC)[C@H]3OP(=O)(O)O[C@H]32)c(=O)[nH]1. The maximum Gasteiger partial charge on any atom is 0.473 e. The standard InChI is InChI=1S/C18H24N5O9P/c1-3-5-10(24)20-18-21-15-12(16(26)22-18)19-8-23(15)17-14-13(31-33(27,28)32-14)9(30-17)7-29-11(25)6-4-2/h8-9,13-14,17H,3-7H2,1-2H3,(H,27,28)(H2,20,21,22,24,26)/t9-,13-,14-,17-/m1/s1. The topological polar surface area (TPSA) is 184 Å². The summed E-state index contributed by atoms with van der Waals surface area (Å²) in [5.74, 6) is -0.851. The Kier molecular flexibility index (Phi) is 6.64. The maximum absolute atomic E-state index is 12.4. The molecule has 2 aliphatic rings. The normalized spacial score (nSPS) is 28.7. The van der Waals surface area contributed by atoms with E-state index in [4.69, 9.17) is 18.5 Å². The maximum atomic E-state index is 12.4. The van der Waals surface area contributed by atoms with Crippen LogP contribution in [0, 0.1) is 0 Å². The highest BCUT2D eigenvalue weighted by Crippen LogP contribution is 2.58. The average molecular weight is 485 g/mol. The Morgan fingerprint density at radius 3 is 2.73 bits per heavy atom. The van der Waals surface area contributed by atoms with Crippen molar-refractivity contribution in [2.75, 3.05) is 11.9 Å². The predicted octanol–water partition coefficient (Wildman–Crippen LogP) is 0.983. The van der Waals surface area contributed by atoms with Gasteiger partial charge in [-0.2, -0.15) is 4.98 Å². The quantitative estimate of drug-likeness (QED) is 0.358. The van der Waals surface area contributed by atoms with Gasteiger partial charge in [-0.15, -0.1) is 0 Å². The van der Waals surface area contributed by atoms with Crippen molar-refractivity contribution < 1.29 is 37.6 Å². The van der Waals surface area contributed by atoms with E-state index in [-0.39, 0.29) is 42.5 Å². The molecule has 1 unspecified atom stereocenters. The van der Waals surface area contributed by atoms with E-state index in [1.807, 2.05) is 13.8 Å². The molecule has 15 heteroatoms. The van der Waals surface area contributed by atoms with Crippen LogP contribution in [0.1, 0.15) is 45.8 Å². The molecule has 4 rings (SSSR count). The first-order valence-electron chi connectivity index (χ1n) is 10.5. The molecule has 0 aromatic carbocycles. The summed E-state index contributed by atoms with van der Waals surface area (Å²) in [7, 11) is -4.36. The highest BCUT2D eigenvalue weighted by molar-refractivity contribution is 7.47. The van der Waals surface area contributed by atoms with Crippen molar-refractivity contribution in [2.24, 2.45) is 0 Å². The molecular formula is C18H24N5O9P. The minimum atomic E-state index is -4.36. The number of H-pyrrole nitrogens is 1. The monoisotopic (exact) mass is 485 g/mol. The number of ether oxygens (including phenoxy) is 2. The Morgan fingerprint density at radius 1 is 1.27 bits per heavy atom. The van der Waals surface area contributed by atoms with Crippen molar-refractivity contribution in [3.63, 3.8) is 0 Å². The predicted molar refractivity (Wildman–Crippen MR) is 111 cm³/mol. The molecule has 180 valence electrons. The van der Waals surface area contributed by atoms with Gasteiger partial charge in [-0.1, -0.05) is 13.8 Å². The number of phosphoric acid groups is 1. The number of hydrogen-bond donors (Lipinski definition) is 3. The summed E-state index contributed by atoms with van der Waals surface area (Å²) in [6.07, 6.45) is -1.12. The zero-order chi connectivity index (χ0) is 23.8. The Balaban J connectivity index is 1.64. The van der Waals surface area contributed by atoms with Gasteiger partial charge in [0.25, 0.3) is 5.56 Å². The number of hydrogen-bond acceptors (Lipinski definition) is 10. The van der Waals surface area contributed by atoms with Crippen LogP contribution in [-0.4, -0.2) is 61.2 Å². The lowest BCUT2D eigenvalue weighted by Gasteiger charge is -2.19. The Morgan fingerprint density at radius 2 is 2.00 bits per heavy atom. The molecule has 4 heterocycles. The molecule has 3 N–H and O–H groups in total. The van der Waals surface area contributed by atoms with Crippen LogP contribution in [0.5, 0.6) is 0 Å². The minimum absolute atomic E-state index is 0.0347. The fourth-order valence-electron chi connectivity index (χ4n) is 3.68. The zero-order valence-electron chi connectivity index (χ0n) is 17.9. The number of carbonyl (C=O) groups excluding carboxylic acids is 2. The average Bonchev–Trinajstić information content (AvgIpc) is 3.38. The van der Waals surface area contributed by atoms with Crippen LogP contribution < -0.4 is 10.9 Å². The first-order valence-corrected chi connectivity index (χ1v) is 12.0. The van der Waals surface area contributed by atoms with E-state index in [2.05, 4.69) is 20.3 Å². The zero-order valence-corrected chi connectivity index (χ0v) is 18.8. The number of nitrogens with one attached hydrogen (secondary N) is 2. The fraction of sp³-hybridized carbons (Fsp3) is 0.611. The number of imidazole rings is 1. The lowest BCUT2D eigenvalue weighted by Crippen LogP contribution is -2.32. The summed E-state index contributed by atoms with van der Waals surface area (Å²) in [5, 5.41) is 2.51. The van der Waals surface area contributed by atoms with Crippen molar-refractivity contribution in [3.05, 3.63) is 16.7 Å². The molecule has 2 aliphatic heterocycles. The number of aromatic nitrogens is 4. The van der Waals surface area contributed by atoms with Crippen molar-refractivity contribution in [1.82, 2.24) is 19.5 Å². The largest absolute Gasteiger partial charge is 0.473 e. The van der Waals surface area contributed by atoms with Crippen LogP contribution in [0.3, 0.4) is 0 Å². The summed E-state index contributed by atoms with van der Waals surface area (Å²) >= 11 is 0. The molecule has 14 nitrogen and oxygen atoms in total.